The molecule has 0 saturated heterocycles. The van der Waals surface area contributed by atoms with Crippen molar-refractivity contribution in [3.05, 3.63) is 52.0 Å². The monoisotopic (exact) mass is 232 g/mol. The fraction of sp³-hybridized carbons (Fsp3) is 0.308. The van der Waals surface area contributed by atoms with Gasteiger partial charge in [-0.05, 0) is 19.5 Å². The van der Waals surface area contributed by atoms with E-state index in [2.05, 4.69) is 41.5 Å². The molecule has 3 heteroatoms. The molecule has 0 saturated carbocycles. The van der Waals surface area contributed by atoms with E-state index < -0.39 is 0 Å². The number of thiazole rings is 1. The molecule has 2 nitrogen and oxygen atoms in total. The van der Waals surface area contributed by atoms with Crippen LogP contribution in [0.4, 0.5) is 0 Å². The molecule has 0 fully saturated rings. The molecule has 0 aliphatic rings. The number of nitrogens with zero attached hydrogens (tertiary/aromatic N) is 1. The van der Waals surface area contributed by atoms with E-state index in [0.29, 0.717) is 6.04 Å². The third-order valence-electron chi connectivity index (χ3n) is 2.63. The lowest BCUT2D eigenvalue weighted by Gasteiger charge is -2.04. The Balaban J connectivity index is 2.09. The van der Waals surface area contributed by atoms with Crippen molar-refractivity contribution in [2.24, 2.45) is 0 Å². The number of rotatable bonds is 4. The summed E-state index contributed by atoms with van der Waals surface area (Å²) in [5.41, 5.74) is 1.32. The minimum Gasteiger partial charge on any atom is -0.312 e. The SMILES string of the molecule is CNC(C)c1cnc(Cc2ccccc2)s1. The second-order valence-corrected chi connectivity index (χ2v) is 4.98. The van der Waals surface area contributed by atoms with Crippen LogP contribution in [0.15, 0.2) is 36.5 Å². The summed E-state index contributed by atoms with van der Waals surface area (Å²) >= 11 is 1.79. The third kappa shape index (κ3) is 2.68. The van der Waals surface area contributed by atoms with Gasteiger partial charge in [-0.25, -0.2) is 4.98 Å². The van der Waals surface area contributed by atoms with Crippen LogP contribution in [-0.2, 0) is 6.42 Å². The Bertz CT molecular complexity index is 436. The first-order valence-corrected chi connectivity index (χ1v) is 6.27. The molecular formula is C13H16N2S. The summed E-state index contributed by atoms with van der Waals surface area (Å²) in [5, 5.41) is 4.41. The van der Waals surface area contributed by atoms with Crippen LogP contribution in [0.1, 0.15) is 28.4 Å². The molecule has 1 unspecified atom stereocenters. The highest BCUT2D eigenvalue weighted by atomic mass is 32.1. The van der Waals surface area contributed by atoms with Gasteiger partial charge in [0.25, 0.3) is 0 Å². The Hall–Kier alpha value is -1.19. The Morgan fingerprint density at radius 1 is 1.31 bits per heavy atom. The molecule has 0 spiro atoms. The first-order chi connectivity index (χ1) is 7.79. The summed E-state index contributed by atoms with van der Waals surface area (Å²) in [4.78, 5) is 5.76. The Kier molecular flexibility index (Phi) is 3.70. The minimum absolute atomic E-state index is 0.391. The van der Waals surface area contributed by atoms with Gasteiger partial charge in [0.2, 0.25) is 0 Å². The van der Waals surface area contributed by atoms with Gasteiger partial charge in [0.15, 0.2) is 0 Å². The molecule has 0 aliphatic carbocycles. The van der Waals surface area contributed by atoms with Gasteiger partial charge in [0.1, 0.15) is 0 Å². The molecule has 84 valence electrons. The van der Waals surface area contributed by atoms with Gasteiger partial charge in [-0.1, -0.05) is 30.3 Å². The normalized spacial score (nSPS) is 12.6. The average Bonchev–Trinajstić information content (AvgIpc) is 2.78. The second kappa shape index (κ2) is 5.23. The fourth-order valence-corrected chi connectivity index (χ4v) is 2.54. The van der Waals surface area contributed by atoms with Crippen molar-refractivity contribution in [3.8, 4) is 0 Å². The number of aromatic nitrogens is 1. The third-order valence-corrected chi connectivity index (χ3v) is 3.81. The highest BCUT2D eigenvalue weighted by molar-refractivity contribution is 7.11. The lowest BCUT2D eigenvalue weighted by Crippen LogP contribution is -2.10. The predicted octanol–water partition coefficient (Wildman–Crippen LogP) is 3.01. The van der Waals surface area contributed by atoms with Crippen LogP contribution < -0.4 is 5.32 Å². The number of benzene rings is 1. The summed E-state index contributed by atoms with van der Waals surface area (Å²) in [6, 6.07) is 10.9. The van der Waals surface area contributed by atoms with Gasteiger partial charge >= 0.3 is 0 Å². The topological polar surface area (TPSA) is 24.9 Å². The van der Waals surface area contributed by atoms with Crippen LogP contribution in [0.5, 0.6) is 0 Å². The highest BCUT2D eigenvalue weighted by Crippen LogP contribution is 2.22. The van der Waals surface area contributed by atoms with E-state index in [9.17, 15) is 0 Å². The van der Waals surface area contributed by atoms with E-state index in [1.807, 2.05) is 19.3 Å². The molecule has 1 aromatic carbocycles. The predicted molar refractivity (Wildman–Crippen MR) is 68.8 cm³/mol. The van der Waals surface area contributed by atoms with E-state index in [0.717, 1.165) is 6.42 Å². The van der Waals surface area contributed by atoms with Gasteiger partial charge in [0.05, 0.1) is 5.01 Å². The smallest absolute Gasteiger partial charge is 0.0972 e. The van der Waals surface area contributed by atoms with E-state index in [-0.39, 0.29) is 0 Å². The summed E-state index contributed by atoms with van der Waals surface area (Å²) in [5.74, 6) is 0. The van der Waals surface area contributed by atoms with E-state index in [1.54, 1.807) is 11.3 Å². The number of nitrogens with one attached hydrogen (secondary N) is 1. The van der Waals surface area contributed by atoms with E-state index in [4.69, 9.17) is 0 Å². The van der Waals surface area contributed by atoms with Crippen LogP contribution in [-0.4, -0.2) is 12.0 Å². The van der Waals surface area contributed by atoms with Crippen molar-refractivity contribution in [3.63, 3.8) is 0 Å². The van der Waals surface area contributed by atoms with Crippen molar-refractivity contribution in [2.75, 3.05) is 7.05 Å². The Labute approximate surface area is 100 Å². The second-order valence-electron chi connectivity index (χ2n) is 3.83. The van der Waals surface area contributed by atoms with Crippen molar-refractivity contribution in [2.45, 2.75) is 19.4 Å². The maximum atomic E-state index is 4.46. The number of hydrogen-bond acceptors (Lipinski definition) is 3. The zero-order valence-electron chi connectivity index (χ0n) is 9.60. The Morgan fingerprint density at radius 2 is 2.06 bits per heavy atom. The summed E-state index contributed by atoms with van der Waals surface area (Å²) < 4.78 is 0. The molecule has 1 atom stereocenters. The van der Waals surface area contributed by atoms with Crippen molar-refractivity contribution in [1.82, 2.24) is 10.3 Å². The summed E-state index contributed by atoms with van der Waals surface area (Å²) in [7, 11) is 1.97. The lowest BCUT2D eigenvalue weighted by molar-refractivity contribution is 0.662. The number of hydrogen-bond donors (Lipinski definition) is 1. The molecule has 2 rings (SSSR count). The highest BCUT2D eigenvalue weighted by Gasteiger charge is 2.07. The zero-order chi connectivity index (χ0) is 11.4. The lowest BCUT2D eigenvalue weighted by atomic mass is 10.2. The molecule has 1 aromatic heterocycles. The molecule has 1 N–H and O–H groups in total. The van der Waals surface area contributed by atoms with Crippen LogP contribution >= 0.6 is 11.3 Å². The molecule has 0 bridgehead atoms. The zero-order valence-corrected chi connectivity index (χ0v) is 10.4. The van der Waals surface area contributed by atoms with Gasteiger partial charge in [-0.3, -0.25) is 0 Å². The maximum absolute atomic E-state index is 4.46. The van der Waals surface area contributed by atoms with Gasteiger partial charge in [-0.2, -0.15) is 0 Å². The standard InChI is InChI=1S/C13H16N2S/c1-10(14-2)12-9-15-13(16-12)8-11-6-4-3-5-7-11/h3-7,9-10,14H,8H2,1-2H3. The maximum Gasteiger partial charge on any atom is 0.0972 e. The average molecular weight is 232 g/mol. The molecule has 2 aromatic rings. The van der Waals surface area contributed by atoms with Crippen molar-refractivity contribution in [1.29, 1.82) is 0 Å². The molecule has 0 radical (unpaired) electrons. The van der Waals surface area contributed by atoms with Crippen LogP contribution in [0.25, 0.3) is 0 Å². The summed E-state index contributed by atoms with van der Waals surface area (Å²) in [6.07, 6.45) is 2.91. The molecule has 1 heterocycles. The van der Waals surface area contributed by atoms with Gasteiger partial charge < -0.3 is 5.32 Å². The van der Waals surface area contributed by atoms with Gasteiger partial charge in [-0.15, -0.1) is 11.3 Å². The molecular weight excluding hydrogens is 216 g/mol. The van der Waals surface area contributed by atoms with Crippen LogP contribution in [0.3, 0.4) is 0 Å². The molecule has 0 amide bonds. The summed E-state index contributed by atoms with van der Waals surface area (Å²) in [6.45, 7) is 2.15. The van der Waals surface area contributed by atoms with Crippen LogP contribution in [0.2, 0.25) is 0 Å². The first kappa shape index (κ1) is 11.3. The Morgan fingerprint density at radius 3 is 2.75 bits per heavy atom. The minimum atomic E-state index is 0.391. The van der Waals surface area contributed by atoms with Crippen molar-refractivity contribution >= 4 is 11.3 Å². The quantitative estimate of drug-likeness (QED) is 0.876. The van der Waals surface area contributed by atoms with E-state index in [1.165, 1.54) is 15.4 Å². The van der Waals surface area contributed by atoms with Crippen LogP contribution in [0, 0.1) is 0 Å². The molecule has 0 aliphatic heterocycles. The first-order valence-electron chi connectivity index (χ1n) is 5.45. The largest absolute Gasteiger partial charge is 0.312 e. The fourth-order valence-electron chi connectivity index (χ4n) is 1.52. The van der Waals surface area contributed by atoms with Crippen molar-refractivity contribution < 1.29 is 0 Å². The van der Waals surface area contributed by atoms with E-state index >= 15 is 0 Å². The van der Waals surface area contributed by atoms with Gasteiger partial charge in [0, 0.05) is 23.5 Å². The molecule has 16 heavy (non-hydrogen) atoms.